The summed E-state index contributed by atoms with van der Waals surface area (Å²) in [5, 5.41) is 10.8. The van der Waals surface area contributed by atoms with Gasteiger partial charge in [-0.2, -0.15) is 0 Å². The standard InChI is InChI=1S/C26H27NO6/c1-26(15-14-17-4-3-5-19-16-21(32-2)10-11-22(17)19)23(28)12-13-24(26)33-25(29)18-6-8-20(9-7-18)27(30)31/h6-11,14,16,24H,3-5,12-13,15H2,1-2H3/b17-14-/t24-,26-/m1/s1. The van der Waals surface area contributed by atoms with Gasteiger partial charge in [0.25, 0.3) is 5.69 Å². The van der Waals surface area contributed by atoms with Crippen molar-refractivity contribution in [2.24, 2.45) is 5.41 Å². The summed E-state index contributed by atoms with van der Waals surface area (Å²) in [5.41, 5.74) is 2.99. The Morgan fingerprint density at radius 1 is 1.18 bits per heavy atom. The highest BCUT2D eigenvalue weighted by Gasteiger charge is 2.47. The first kappa shape index (κ1) is 22.7. The minimum Gasteiger partial charge on any atom is -0.497 e. The molecule has 0 N–H and O–H groups in total. The highest BCUT2D eigenvalue weighted by molar-refractivity contribution is 5.92. The largest absolute Gasteiger partial charge is 0.497 e. The van der Waals surface area contributed by atoms with Crippen LogP contribution < -0.4 is 4.74 Å². The number of non-ortho nitro benzene ring substituents is 1. The minimum absolute atomic E-state index is 0.0895. The van der Waals surface area contributed by atoms with E-state index in [0.29, 0.717) is 19.3 Å². The SMILES string of the molecule is COc1ccc2c(c1)CCC/C2=C/C[C@]1(C)C(=O)CC[C@H]1OC(=O)c1ccc([N+](=O)[O-])cc1. The van der Waals surface area contributed by atoms with Crippen molar-refractivity contribution in [1.82, 2.24) is 0 Å². The second-order valence-corrected chi connectivity index (χ2v) is 8.89. The molecule has 33 heavy (non-hydrogen) atoms. The highest BCUT2D eigenvalue weighted by Crippen LogP contribution is 2.42. The number of rotatable bonds is 6. The monoisotopic (exact) mass is 449 g/mol. The summed E-state index contributed by atoms with van der Waals surface area (Å²) in [5.74, 6) is 0.358. The van der Waals surface area contributed by atoms with Crippen LogP contribution in [0.4, 0.5) is 5.69 Å². The molecule has 0 spiro atoms. The molecule has 1 saturated carbocycles. The number of Topliss-reactive ketones (excluding diaryl/α,β-unsaturated/α-hetero) is 1. The van der Waals surface area contributed by atoms with Crippen LogP contribution in [0.25, 0.3) is 5.57 Å². The zero-order valence-corrected chi connectivity index (χ0v) is 18.8. The Balaban J connectivity index is 1.51. The van der Waals surface area contributed by atoms with Crippen molar-refractivity contribution in [2.75, 3.05) is 7.11 Å². The number of benzene rings is 2. The maximum Gasteiger partial charge on any atom is 0.338 e. The van der Waals surface area contributed by atoms with E-state index in [-0.39, 0.29) is 17.0 Å². The summed E-state index contributed by atoms with van der Waals surface area (Å²) in [6.45, 7) is 1.87. The average molecular weight is 450 g/mol. The average Bonchev–Trinajstić information content (AvgIpc) is 3.10. The van der Waals surface area contributed by atoms with Crippen molar-refractivity contribution in [3.63, 3.8) is 0 Å². The smallest absolute Gasteiger partial charge is 0.338 e. The number of allylic oxidation sites excluding steroid dienone is 2. The third-order valence-electron chi connectivity index (χ3n) is 6.87. The summed E-state index contributed by atoms with van der Waals surface area (Å²) >= 11 is 0. The third kappa shape index (κ3) is 4.53. The van der Waals surface area contributed by atoms with E-state index in [2.05, 4.69) is 18.2 Å². The Hall–Kier alpha value is -3.48. The summed E-state index contributed by atoms with van der Waals surface area (Å²) in [6, 6.07) is 11.4. The Morgan fingerprint density at radius 3 is 2.64 bits per heavy atom. The molecule has 0 amide bonds. The van der Waals surface area contributed by atoms with Gasteiger partial charge in [-0.05, 0) is 80.0 Å². The number of nitrogens with zero attached hydrogens (tertiary/aromatic N) is 1. The van der Waals surface area contributed by atoms with E-state index in [1.54, 1.807) is 7.11 Å². The zero-order valence-electron chi connectivity index (χ0n) is 18.8. The van der Waals surface area contributed by atoms with Gasteiger partial charge in [-0.15, -0.1) is 0 Å². The van der Waals surface area contributed by atoms with Gasteiger partial charge in [-0.1, -0.05) is 12.1 Å². The summed E-state index contributed by atoms with van der Waals surface area (Å²) in [4.78, 5) is 35.8. The molecule has 0 aliphatic heterocycles. The molecule has 2 aromatic rings. The number of esters is 1. The van der Waals surface area contributed by atoms with Gasteiger partial charge in [0.15, 0.2) is 0 Å². The Bertz CT molecular complexity index is 1120. The number of nitro benzene ring substituents is 1. The van der Waals surface area contributed by atoms with Gasteiger partial charge in [0.1, 0.15) is 17.6 Å². The van der Waals surface area contributed by atoms with Crippen LogP contribution in [0.3, 0.4) is 0 Å². The number of methoxy groups -OCH3 is 1. The number of hydrogen-bond acceptors (Lipinski definition) is 6. The van der Waals surface area contributed by atoms with Gasteiger partial charge in [-0.3, -0.25) is 14.9 Å². The van der Waals surface area contributed by atoms with Gasteiger partial charge in [0, 0.05) is 18.6 Å². The fraction of sp³-hybridized carbons (Fsp3) is 0.385. The Morgan fingerprint density at radius 2 is 1.94 bits per heavy atom. The van der Waals surface area contributed by atoms with E-state index in [1.807, 2.05) is 13.0 Å². The number of hydrogen-bond donors (Lipinski definition) is 0. The molecule has 4 rings (SSSR count). The molecule has 0 bridgehead atoms. The molecule has 0 saturated heterocycles. The van der Waals surface area contributed by atoms with Crippen molar-refractivity contribution in [2.45, 2.75) is 51.6 Å². The van der Waals surface area contributed by atoms with E-state index < -0.39 is 22.4 Å². The first-order valence-electron chi connectivity index (χ1n) is 11.2. The van der Waals surface area contributed by atoms with Crippen LogP contribution in [0.2, 0.25) is 0 Å². The van der Waals surface area contributed by atoms with Crippen molar-refractivity contribution >= 4 is 23.0 Å². The number of ketones is 1. The molecule has 0 aromatic heterocycles. The minimum atomic E-state index is -0.798. The number of carbonyl (C=O) groups excluding carboxylic acids is 2. The molecular formula is C26H27NO6. The molecule has 1 fully saturated rings. The van der Waals surface area contributed by atoms with Crippen LogP contribution in [0.5, 0.6) is 5.75 Å². The molecule has 2 aromatic carbocycles. The fourth-order valence-corrected chi connectivity index (χ4v) is 4.76. The van der Waals surface area contributed by atoms with E-state index in [1.165, 1.54) is 41.0 Å². The van der Waals surface area contributed by atoms with Gasteiger partial charge < -0.3 is 9.47 Å². The van der Waals surface area contributed by atoms with Crippen LogP contribution in [0, 0.1) is 15.5 Å². The van der Waals surface area contributed by atoms with Crippen LogP contribution in [-0.2, 0) is 16.0 Å². The fourth-order valence-electron chi connectivity index (χ4n) is 4.76. The van der Waals surface area contributed by atoms with E-state index in [0.717, 1.165) is 25.0 Å². The van der Waals surface area contributed by atoms with Gasteiger partial charge in [-0.25, -0.2) is 4.79 Å². The lowest BCUT2D eigenvalue weighted by atomic mass is 9.79. The lowest BCUT2D eigenvalue weighted by molar-refractivity contribution is -0.384. The normalized spacial score (nSPS) is 23.3. The molecule has 2 aliphatic carbocycles. The van der Waals surface area contributed by atoms with Crippen LogP contribution in [0.15, 0.2) is 48.5 Å². The van der Waals surface area contributed by atoms with E-state index >= 15 is 0 Å². The van der Waals surface area contributed by atoms with Crippen molar-refractivity contribution in [1.29, 1.82) is 0 Å². The molecule has 0 radical (unpaired) electrons. The predicted octanol–water partition coefficient (Wildman–Crippen LogP) is 5.31. The number of ether oxygens (including phenoxy) is 2. The molecule has 0 unspecified atom stereocenters. The lowest BCUT2D eigenvalue weighted by Crippen LogP contribution is -2.36. The Kier molecular flexibility index (Phi) is 6.31. The quantitative estimate of drug-likeness (QED) is 0.337. The molecule has 172 valence electrons. The maximum absolute atomic E-state index is 12.8. The van der Waals surface area contributed by atoms with Crippen LogP contribution in [-0.4, -0.2) is 29.9 Å². The van der Waals surface area contributed by atoms with Crippen LogP contribution in [0.1, 0.15) is 60.5 Å². The first-order valence-corrected chi connectivity index (χ1v) is 11.2. The van der Waals surface area contributed by atoms with Crippen molar-refractivity contribution in [3.05, 3.63) is 75.3 Å². The zero-order chi connectivity index (χ0) is 23.6. The summed E-state index contributed by atoms with van der Waals surface area (Å²) < 4.78 is 11.1. The molecule has 2 atom stereocenters. The molecule has 0 heterocycles. The van der Waals surface area contributed by atoms with Crippen molar-refractivity contribution < 1.29 is 24.0 Å². The number of carbonyl (C=O) groups is 2. The molecule has 7 heteroatoms. The maximum atomic E-state index is 12.8. The van der Waals surface area contributed by atoms with Crippen molar-refractivity contribution in [3.8, 4) is 5.75 Å². The number of nitro groups is 1. The van der Waals surface area contributed by atoms with Crippen LogP contribution >= 0.6 is 0 Å². The second-order valence-electron chi connectivity index (χ2n) is 8.89. The number of aryl methyl sites for hydroxylation is 1. The Labute approximate surface area is 192 Å². The molecule has 2 aliphatic rings. The summed E-state index contributed by atoms with van der Waals surface area (Å²) in [7, 11) is 1.66. The number of fused-ring (bicyclic) bond motifs is 1. The van der Waals surface area contributed by atoms with Gasteiger partial charge in [0.05, 0.1) is 23.0 Å². The van der Waals surface area contributed by atoms with Gasteiger partial charge in [0.2, 0.25) is 0 Å². The second kappa shape index (κ2) is 9.17. The van der Waals surface area contributed by atoms with E-state index in [4.69, 9.17) is 9.47 Å². The summed E-state index contributed by atoms with van der Waals surface area (Å²) in [6.07, 6.45) is 5.90. The predicted molar refractivity (Wildman–Crippen MR) is 123 cm³/mol. The molecular weight excluding hydrogens is 422 g/mol. The highest BCUT2D eigenvalue weighted by atomic mass is 16.6. The van der Waals surface area contributed by atoms with Gasteiger partial charge >= 0.3 is 5.97 Å². The third-order valence-corrected chi connectivity index (χ3v) is 6.87. The first-order chi connectivity index (χ1) is 15.8. The lowest BCUT2D eigenvalue weighted by Gasteiger charge is -2.29. The van der Waals surface area contributed by atoms with E-state index in [9.17, 15) is 19.7 Å². The molecule has 7 nitrogen and oxygen atoms in total. The topological polar surface area (TPSA) is 95.7 Å².